The average Bonchev–Trinajstić information content (AvgIpc) is 2.46. The molecule has 0 spiro atoms. The van der Waals surface area contributed by atoms with E-state index < -0.39 is 13.5 Å². The summed E-state index contributed by atoms with van der Waals surface area (Å²) in [6.07, 6.45) is 13.6. The van der Waals surface area contributed by atoms with Crippen LogP contribution < -0.4 is 5.73 Å². The van der Waals surface area contributed by atoms with Crippen LogP contribution in [0.3, 0.4) is 0 Å². The summed E-state index contributed by atoms with van der Waals surface area (Å²) in [6.45, 7) is 4.95. The molecule has 0 aliphatic heterocycles. The van der Waals surface area contributed by atoms with Gasteiger partial charge in [-0.2, -0.15) is 0 Å². The average molecular weight is 301 g/mol. The van der Waals surface area contributed by atoms with Gasteiger partial charge in [-0.15, -0.1) is 0 Å². The Morgan fingerprint density at radius 2 is 1.38 bits per heavy atom. The maximum absolute atomic E-state index is 9.58. The van der Waals surface area contributed by atoms with Crippen molar-refractivity contribution in [3.05, 3.63) is 0 Å². The number of unbranched alkanes of at least 4 members (excludes halogenated alkanes) is 9. The monoisotopic (exact) mass is 301 g/mol. The fourth-order valence-corrected chi connectivity index (χ4v) is 2.27. The number of nitrogens with two attached hydrogens (primary N) is 1. The molecule has 21 heavy (non-hydrogen) atoms. The smallest absolute Gasteiger partial charge is 0.402 e. The Morgan fingerprint density at radius 3 is 2.00 bits per heavy atom. The number of rotatable bonds is 16. The minimum Gasteiger partial charge on any atom is -0.402 e. The van der Waals surface area contributed by atoms with E-state index >= 15 is 0 Å². The van der Waals surface area contributed by atoms with Gasteiger partial charge < -0.3 is 20.1 Å². The lowest BCUT2D eigenvalue weighted by molar-refractivity contribution is 0.0816. The molecule has 0 aromatic rings. The van der Waals surface area contributed by atoms with Gasteiger partial charge in [0.1, 0.15) is 0 Å². The highest BCUT2D eigenvalue weighted by Gasteiger charge is 2.19. The van der Waals surface area contributed by atoms with Crippen LogP contribution in [0.2, 0.25) is 0 Å². The molecule has 126 valence electrons. The minimum atomic E-state index is -1.17. The molecule has 0 fully saturated rings. The van der Waals surface area contributed by atoms with E-state index in [-0.39, 0.29) is 0 Å². The maximum atomic E-state index is 9.58. The fraction of sp³-hybridized carbons (Fsp3) is 1.00. The molecule has 0 aromatic carbocycles. The normalized spacial score (nSPS) is 12.6. The Labute approximate surface area is 132 Å². The van der Waals surface area contributed by atoms with Crippen molar-refractivity contribution < 1.29 is 14.3 Å². The van der Waals surface area contributed by atoms with Crippen LogP contribution in [-0.2, 0) is 9.31 Å². The van der Waals surface area contributed by atoms with Crippen LogP contribution in [0.5, 0.6) is 0 Å². The van der Waals surface area contributed by atoms with E-state index in [1.165, 1.54) is 51.4 Å². The zero-order valence-electron chi connectivity index (χ0n) is 14.2. The summed E-state index contributed by atoms with van der Waals surface area (Å²) >= 11 is 0. The van der Waals surface area contributed by atoms with Crippen molar-refractivity contribution in [1.82, 2.24) is 0 Å². The predicted molar refractivity (Wildman–Crippen MR) is 89.7 cm³/mol. The Balaban J connectivity index is 3.32. The van der Waals surface area contributed by atoms with Crippen LogP contribution in [0, 0.1) is 0 Å². The summed E-state index contributed by atoms with van der Waals surface area (Å²) in [5.41, 5.74) is 5.81. The SMILES string of the molecule is CCCCCCCCOB(O)OC(N)CCCCCCC. The predicted octanol–water partition coefficient (Wildman–Crippen LogP) is 4.00. The van der Waals surface area contributed by atoms with Gasteiger partial charge in [0.15, 0.2) is 0 Å². The first kappa shape index (κ1) is 20.9. The van der Waals surface area contributed by atoms with Crippen LogP contribution in [-0.4, -0.2) is 25.2 Å². The zero-order chi connectivity index (χ0) is 15.8. The van der Waals surface area contributed by atoms with Gasteiger partial charge in [-0.05, 0) is 19.3 Å². The molecule has 0 bridgehead atoms. The van der Waals surface area contributed by atoms with Crippen molar-refractivity contribution in [3.63, 3.8) is 0 Å². The number of hydrogen-bond acceptors (Lipinski definition) is 4. The van der Waals surface area contributed by atoms with Gasteiger partial charge in [-0.25, -0.2) is 0 Å². The molecule has 5 heteroatoms. The molecule has 0 rings (SSSR count). The lowest BCUT2D eigenvalue weighted by Gasteiger charge is -2.15. The second kappa shape index (κ2) is 16.3. The van der Waals surface area contributed by atoms with Crippen LogP contribution in [0.1, 0.15) is 90.9 Å². The van der Waals surface area contributed by atoms with E-state index in [1.54, 1.807) is 0 Å². The molecule has 0 heterocycles. The maximum Gasteiger partial charge on any atom is 0.637 e. The van der Waals surface area contributed by atoms with Crippen molar-refractivity contribution >= 4 is 7.32 Å². The van der Waals surface area contributed by atoms with Gasteiger partial charge in [0.2, 0.25) is 0 Å². The first-order chi connectivity index (χ1) is 10.2. The van der Waals surface area contributed by atoms with Crippen molar-refractivity contribution in [1.29, 1.82) is 0 Å². The van der Waals surface area contributed by atoms with E-state index in [0.717, 1.165) is 25.7 Å². The summed E-state index contributed by atoms with van der Waals surface area (Å²) in [7, 11) is -1.17. The highest BCUT2D eigenvalue weighted by atomic mass is 16.7. The molecule has 0 amide bonds. The third-order valence-corrected chi connectivity index (χ3v) is 3.64. The van der Waals surface area contributed by atoms with Gasteiger partial charge in [-0.1, -0.05) is 71.6 Å². The lowest BCUT2D eigenvalue weighted by Crippen LogP contribution is -2.34. The molecule has 0 aromatic heterocycles. The van der Waals surface area contributed by atoms with Crippen LogP contribution >= 0.6 is 0 Å². The summed E-state index contributed by atoms with van der Waals surface area (Å²) in [5, 5.41) is 9.58. The molecular weight excluding hydrogens is 265 g/mol. The number of hydrogen-bond donors (Lipinski definition) is 2. The molecular formula is C16H36BNO3. The highest BCUT2D eigenvalue weighted by molar-refractivity contribution is 6.34. The first-order valence-corrected chi connectivity index (χ1v) is 8.91. The van der Waals surface area contributed by atoms with Gasteiger partial charge in [-0.3, -0.25) is 0 Å². The van der Waals surface area contributed by atoms with E-state index in [2.05, 4.69) is 13.8 Å². The summed E-state index contributed by atoms with van der Waals surface area (Å²) in [5.74, 6) is 0. The van der Waals surface area contributed by atoms with Gasteiger partial charge >= 0.3 is 7.32 Å². The Morgan fingerprint density at radius 1 is 0.857 bits per heavy atom. The lowest BCUT2D eigenvalue weighted by atomic mass is 10.1. The Hall–Kier alpha value is -0.0951. The second-order valence-corrected chi connectivity index (χ2v) is 5.82. The third kappa shape index (κ3) is 16.1. The van der Waals surface area contributed by atoms with Crippen LogP contribution in [0.25, 0.3) is 0 Å². The van der Waals surface area contributed by atoms with Crippen LogP contribution in [0.15, 0.2) is 0 Å². The van der Waals surface area contributed by atoms with E-state index in [4.69, 9.17) is 15.0 Å². The van der Waals surface area contributed by atoms with Crippen molar-refractivity contribution in [2.24, 2.45) is 5.73 Å². The summed E-state index contributed by atoms with van der Waals surface area (Å²) in [6, 6.07) is 0. The summed E-state index contributed by atoms with van der Waals surface area (Å²) in [4.78, 5) is 0. The third-order valence-electron chi connectivity index (χ3n) is 3.64. The fourth-order valence-electron chi connectivity index (χ4n) is 2.27. The van der Waals surface area contributed by atoms with Crippen molar-refractivity contribution in [2.75, 3.05) is 6.61 Å². The van der Waals surface area contributed by atoms with Crippen molar-refractivity contribution in [2.45, 2.75) is 97.1 Å². The van der Waals surface area contributed by atoms with Gasteiger partial charge in [0, 0.05) is 6.61 Å². The van der Waals surface area contributed by atoms with Crippen molar-refractivity contribution in [3.8, 4) is 0 Å². The molecule has 4 nitrogen and oxygen atoms in total. The molecule has 0 saturated heterocycles. The topological polar surface area (TPSA) is 64.7 Å². The standard InChI is InChI=1S/C16H36BNO3/c1-3-5-7-9-11-13-15-20-17(19)21-16(18)14-12-10-8-6-4-2/h16,19H,3-15,18H2,1-2H3. The Kier molecular flexibility index (Phi) is 16.2. The Bertz CT molecular complexity index is 208. The quantitative estimate of drug-likeness (QED) is 0.257. The highest BCUT2D eigenvalue weighted by Crippen LogP contribution is 2.08. The largest absolute Gasteiger partial charge is 0.637 e. The molecule has 0 aliphatic carbocycles. The first-order valence-electron chi connectivity index (χ1n) is 8.91. The van der Waals surface area contributed by atoms with Gasteiger partial charge in [0.05, 0.1) is 6.23 Å². The van der Waals surface area contributed by atoms with E-state index in [0.29, 0.717) is 6.61 Å². The molecule has 0 saturated carbocycles. The molecule has 1 atom stereocenters. The molecule has 1 unspecified atom stereocenters. The van der Waals surface area contributed by atoms with Crippen LogP contribution in [0.4, 0.5) is 0 Å². The summed E-state index contributed by atoms with van der Waals surface area (Å²) < 4.78 is 10.4. The molecule has 0 radical (unpaired) electrons. The second-order valence-electron chi connectivity index (χ2n) is 5.82. The van der Waals surface area contributed by atoms with E-state index in [1.807, 2.05) is 0 Å². The van der Waals surface area contributed by atoms with E-state index in [9.17, 15) is 5.02 Å². The zero-order valence-corrected chi connectivity index (χ0v) is 14.2. The van der Waals surface area contributed by atoms with Gasteiger partial charge in [0.25, 0.3) is 0 Å². The molecule has 0 aliphatic rings. The molecule has 3 N–H and O–H groups in total. The minimum absolute atomic E-state index is 0.425.